The van der Waals surface area contributed by atoms with Crippen LogP contribution in [0.25, 0.3) is 10.8 Å². The Kier molecular flexibility index (Phi) is 5.06. The first-order valence-electron chi connectivity index (χ1n) is 8.07. The van der Waals surface area contributed by atoms with Crippen LogP contribution >= 0.6 is 12.6 Å². The highest BCUT2D eigenvalue weighted by atomic mass is 32.1. The Morgan fingerprint density at radius 2 is 2.00 bits per heavy atom. The van der Waals surface area contributed by atoms with Gasteiger partial charge in [-0.05, 0) is 35.7 Å². The number of nitrogens with one attached hydrogen (secondary N) is 1. The molecule has 1 heterocycles. The van der Waals surface area contributed by atoms with Crippen LogP contribution in [0.3, 0.4) is 0 Å². The quantitative estimate of drug-likeness (QED) is 0.744. The van der Waals surface area contributed by atoms with Crippen molar-refractivity contribution in [2.75, 3.05) is 17.6 Å². The smallest absolute Gasteiger partial charge is 0.247 e. The summed E-state index contributed by atoms with van der Waals surface area (Å²) in [6.07, 6.45) is 1.46. The Hall–Kier alpha value is -2.05. The maximum Gasteiger partial charge on any atom is 0.247 e. The van der Waals surface area contributed by atoms with E-state index >= 15 is 0 Å². The summed E-state index contributed by atoms with van der Waals surface area (Å²) in [6, 6.07) is 12.6. The van der Waals surface area contributed by atoms with Gasteiger partial charge in [0.25, 0.3) is 0 Å². The molecule has 0 aliphatic carbocycles. The lowest BCUT2D eigenvalue weighted by molar-refractivity contribution is -0.137. The van der Waals surface area contributed by atoms with Crippen molar-refractivity contribution >= 4 is 40.9 Å². The first-order chi connectivity index (χ1) is 11.6. The van der Waals surface area contributed by atoms with E-state index in [9.17, 15) is 9.59 Å². The van der Waals surface area contributed by atoms with Crippen molar-refractivity contribution in [1.82, 2.24) is 4.90 Å². The molecule has 126 valence electrons. The minimum atomic E-state index is -0.664. The molecule has 0 bridgehead atoms. The van der Waals surface area contributed by atoms with E-state index in [1.807, 2.05) is 42.5 Å². The van der Waals surface area contributed by atoms with Gasteiger partial charge in [0.1, 0.15) is 6.04 Å². The van der Waals surface area contributed by atoms with Gasteiger partial charge in [-0.25, -0.2) is 0 Å². The number of amides is 2. The molecule has 3 N–H and O–H groups in total. The molecule has 1 saturated heterocycles. The maximum atomic E-state index is 12.6. The molecule has 2 aromatic carbocycles. The standard InChI is InChI=1S/C18H21N3O2S/c19-15(11-24)18(23)21-9-3-6-16(21)17(22)20-14-8-7-12-4-1-2-5-13(12)10-14/h1-2,4-5,7-8,10,15-16,24H,3,6,9,11,19H2,(H,20,22)/t15-,16-/m0/s1. The lowest BCUT2D eigenvalue weighted by atomic mass is 10.1. The van der Waals surface area contributed by atoms with Crippen LogP contribution in [-0.2, 0) is 9.59 Å². The Bertz CT molecular complexity index is 765. The number of hydrogen-bond acceptors (Lipinski definition) is 4. The SMILES string of the molecule is N[C@@H](CS)C(=O)N1CCC[C@H]1C(=O)Nc1ccc2ccccc2c1. The number of benzene rings is 2. The van der Waals surface area contributed by atoms with Crippen LogP contribution < -0.4 is 11.1 Å². The topological polar surface area (TPSA) is 75.4 Å². The van der Waals surface area contributed by atoms with Gasteiger partial charge in [-0.3, -0.25) is 9.59 Å². The molecule has 0 saturated carbocycles. The maximum absolute atomic E-state index is 12.6. The van der Waals surface area contributed by atoms with E-state index in [-0.39, 0.29) is 17.6 Å². The van der Waals surface area contributed by atoms with Crippen molar-refractivity contribution in [3.05, 3.63) is 42.5 Å². The molecule has 0 unspecified atom stereocenters. The number of thiol groups is 1. The third kappa shape index (κ3) is 3.39. The van der Waals surface area contributed by atoms with E-state index in [2.05, 4.69) is 17.9 Å². The lowest BCUT2D eigenvalue weighted by Gasteiger charge is -2.26. The summed E-state index contributed by atoms with van der Waals surface area (Å²) in [5.74, 6) is -0.0994. The minimum Gasteiger partial charge on any atom is -0.329 e. The van der Waals surface area contributed by atoms with Crippen LogP contribution in [0.5, 0.6) is 0 Å². The number of likely N-dealkylation sites (tertiary alicyclic amines) is 1. The van der Waals surface area contributed by atoms with Gasteiger partial charge < -0.3 is 16.0 Å². The highest BCUT2D eigenvalue weighted by Crippen LogP contribution is 2.22. The first kappa shape index (κ1) is 16.8. The second-order valence-electron chi connectivity index (χ2n) is 6.03. The number of anilines is 1. The summed E-state index contributed by atoms with van der Waals surface area (Å²) in [7, 11) is 0. The molecular weight excluding hydrogens is 322 g/mol. The molecule has 2 amide bonds. The molecule has 1 aliphatic heterocycles. The summed E-state index contributed by atoms with van der Waals surface area (Å²) in [5, 5.41) is 5.11. The lowest BCUT2D eigenvalue weighted by Crippen LogP contribution is -2.50. The van der Waals surface area contributed by atoms with Crippen molar-refractivity contribution in [2.24, 2.45) is 5.73 Å². The van der Waals surface area contributed by atoms with Crippen LogP contribution in [0.2, 0.25) is 0 Å². The van der Waals surface area contributed by atoms with Gasteiger partial charge >= 0.3 is 0 Å². The largest absolute Gasteiger partial charge is 0.329 e. The summed E-state index contributed by atoms with van der Waals surface area (Å²) >= 11 is 4.07. The number of carbonyl (C=O) groups is 2. The zero-order valence-corrected chi connectivity index (χ0v) is 14.2. The van der Waals surface area contributed by atoms with Crippen molar-refractivity contribution < 1.29 is 9.59 Å². The van der Waals surface area contributed by atoms with Crippen molar-refractivity contribution in [3.63, 3.8) is 0 Å². The predicted molar refractivity (Wildman–Crippen MR) is 99.1 cm³/mol. The Labute approximate surface area is 146 Å². The average molecular weight is 343 g/mol. The van der Waals surface area contributed by atoms with Gasteiger partial charge in [0.05, 0.1) is 6.04 Å². The van der Waals surface area contributed by atoms with E-state index < -0.39 is 12.1 Å². The first-order valence-corrected chi connectivity index (χ1v) is 8.70. The third-order valence-corrected chi connectivity index (χ3v) is 4.76. The molecule has 1 aliphatic rings. The van der Waals surface area contributed by atoms with Gasteiger partial charge in [0, 0.05) is 18.0 Å². The molecular formula is C18H21N3O2S. The number of hydrogen-bond donors (Lipinski definition) is 3. The normalized spacial score (nSPS) is 18.6. The zero-order valence-electron chi connectivity index (χ0n) is 13.3. The molecule has 24 heavy (non-hydrogen) atoms. The summed E-state index contributed by atoms with van der Waals surface area (Å²) in [4.78, 5) is 26.5. The fraction of sp³-hybridized carbons (Fsp3) is 0.333. The number of rotatable bonds is 4. The monoisotopic (exact) mass is 343 g/mol. The van der Waals surface area contributed by atoms with E-state index in [1.54, 1.807) is 4.90 Å². The number of nitrogens with two attached hydrogens (primary N) is 1. The molecule has 0 aromatic heterocycles. The molecule has 6 heteroatoms. The fourth-order valence-corrected chi connectivity index (χ4v) is 3.24. The van der Waals surface area contributed by atoms with Gasteiger partial charge in [-0.2, -0.15) is 12.6 Å². The molecule has 2 atom stereocenters. The molecule has 3 rings (SSSR count). The second kappa shape index (κ2) is 7.23. The summed E-state index contributed by atoms with van der Waals surface area (Å²) in [5.41, 5.74) is 6.51. The molecule has 2 aromatic rings. The van der Waals surface area contributed by atoms with Gasteiger partial charge in [0.2, 0.25) is 11.8 Å². The second-order valence-corrected chi connectivity index (χ2v) is 6.40. The van der Waals surface area contributed by atoms with E-state index in [0.717, 1.165) is 22.9 Å². The van der Waals surface area contributed by atoms with E-state index in [0.29, 0.717) is 13.0 Å². The van der Waals surface area contributed by atoms with Crippen LogP contribution in [0.15, 0.2) is 42.5 Å². The zero-order chi connectivity index (χ0) is 17.1. The van der Waals surface area contributed by atoms with Gasteiger partial charge in [-0.1, -0.05) is 30.3 Å². The van der Waals surface area contributed by atoms with Crippen molar-refractivity contribution in [3.8, 4) is 0 Å². The Balaban J connectivity index is 1.74. The molecule has 0 spiro atoms. The van der Waals surface area contributed by atoms with Gasteiger partial charge in [0.15, 0.2) is 0 Å². The summed E-state index contributed by atoms with van der Waals surface area (Å²) < 4.78 is 0. The molecule has 5 nitrogen and oxygen atoms in total. The van der Waals surface area contributed by atoms with Crippen molar-refractivity contribution in [1.29, 1.82) is 0 Å². The minimum absolute atomic E-state index is 0.164. The van der Waals surface area contributed by atoms with Crippen molar-refractivity contribution in [2.45, 2.75) is 24.9 Å². The average Bonchev–Trinajstić information content (AvgIpc) is 3.10. The van der Waals surface area contributed by atoms with Crippen LogP contribution in [0.4, 0.5) is 5.69 Å². The molecule has 0 radical (unpaired) electrons. The van der Waals surface area contributed by atoms with Crippen LogP contribution in [-0.4, -0.2) is 41.1 Å². The number of fused-ring (bicyclic) bond motifs is 1. The van der Waals surface area contributed by atoms with Gasteiger partial charge in [-0.15, -0.1) is 0 Å². The highest BCUT2D eigenvalue weighted by Gasteiger charge is 2.35. The van der Waals surface area contributed by atoms with E-state index in [4.69, 9.17) is 5.73 Å². The van der Waals surface area contributed by atoms with Crippen LogP contribution in [0, 0.1) is 0 Å². The molecule has 1 fully saturated rings. The number of carbonyl (C=O) groups excluding carboxylic acids is 2. The summed E-state index contributed by atoms with van der Waals surface area (Å²) in [6.45, 7) is 0.566. The Morgan fingerprint density at radius 3 is 2.75 bits per heavy atom. The Morgan fingerprint density at radius 1 is 1.25 bits per heavy atom. The highest BCUT2D eigenvalue weighted by molar-refractivity contribution is 7.80. The predicted octanol–water partition coefficient (Wildman–Crippen LogP) is 2.03. The van der Waals surface area contributed by atoms with E-state index in [1.165, 1.54) is 0 Å². The number of nitrogens with zero attached hydrogens (tertiary/aromatic N) is 1. The van der Waals surface area contributed by atoms with Crippen LogP contribution in [0.1, 0.15) is 12.8 Å². The third-order valence-electron chi connectivity index (χ3n) is 4.37. The fourth-order valence-electron chi connectivity index (χ4n) is 3.09.